The highest BCUT2D eigenvalue weighted by Gasteiger charge is 2.15. The molecule has 15 heavy (non-hydrogen) atoms. The van der Waals surface area contributed by atoms with Crippen molar-refractivity contribution in [3.63, 3.8) is 0 Å². The van der Waals surface area contributed by atoms with Crippen LogP contribution in [0.15, 0.2) is 0 Å². The van der Waals surface area contributed by atoms with Crippen LogP contribution < -0.4 is 10.0 Å². The third-order valence-corrected chi connectivity index (χ3v) is 3.68. The van der Waals surface area contributed by atoms with Crippen molar-refractivity contribution < 1.29 is 13.2 Å². The molecule has 6 heteroatoms. The Kier molecular flexibility index (Phi) is 6.35. The van der Waals surface area contributed by atoms with E-state index < -0.39 is 10.0 Å². The van der Waals surface area contributed by atoms with Gasteiger partial charge in [-0.15, -0.1) is 0 Å². The van der Waals surface area contributed by atoms with Crippen molar-refractivity contribution in [1.82, 2.24) is 10.0 Å². The van der Waals surface area contributed by atoms with E-state index in [1.165, 1.54) is 7.05 Å². The Morgan fingerprint density at radius 1 is 1.27 bits per heavy atom. The fourth-order valence-electron chi connectivity index (χ4n) is 0.925. The molecule has 0 heterocycles. The van der Waals surface area contributed by atoms with Gasteiger partial charge in [-0.25, -0.2) is 13.1 Å². The predicted octanol–water partition coefficient (Wildman–Crippen LogP) is -0.0597. The number of sulfonamides is 1. The highest BCUT2D eigenvalue weighted by Crippen LogP contribution is 2.10. The Labute approximate surface area is 92.6 Å². The van der Waals surface area contributed by atoms with Crippen molar-refractivity contribution in [2.45, 2.75) is 25.9 Å². The molecule has 0 saturated heterocycles. The molecule has 0 aromatic rings. The van der Waals surface area contributed by atoms with Gasteiger partial charge in [0, 0.05) is 13.7 Å². The van der Waals surface area contributed by atoms with Gasteiger partial charge in [0.05, 0.1) is 11.4 Å². The van der Waals surface area contributed by atoms with Crippen molar-refractivity contribution in [1.29, 1.82) is 0 Å². The highest BCUT2D eigenvalue weighted by molar-refractivity contribution is 7.89. The number of hydrogen-bond acceptors (Lipinski definition) is 4. The van der Waals surface area contributed by atoms with Gasteiger partial charge in [0.1, 0.15) is 0 Å². The van der Waals surface area contributed by atoms with E-state index in [-0.39, 0.29) is 11.4 Å². The van der Waals surface area contributed by atoms with Gasteiger partial charge in [-0.2, -0.15) is 0 Å². The summed E-state index contributed by atoms with van der Waals surface area (Å²) in [6.45, 7) is 5.21. The topological polar surface area (TPSA) is 67.4 Å². The Morgan fingerprint density at radius 2 is 1.87 bits per heavy atom. The lowest BCUT2D eigenvalue weighted by atomic mass is 10.1. The summed E-state index contributed by atoms with van der Waals surface area (Å²) in [6, 6.07) is 0. The molecule has 0 bridgehead atoms. The van der Waals surface area contributed by atoms with Crippen LogP contribution in [0.5, 0.6) is 0 Å². The van der Waals surface area contributed by atoms with Crippen molar-refractivity contribution >= 4 is 10.0 Å². The van der Waals surface area contributed by atoms with Gasteiger partial charge in [-0.1, -0.05) is 0 Å². The van der Waals surface area contributed by atoms with Crippen LogP contribution in [0.3, 0.4) is 0 Å². The fourth-order valence-corrected chi connectivity index (χ4v) is 1.54. The molecule has 0 aliphatic carbocycles. The maximum absolute atomic E-state index is 11.0. The molecule has 0 atom stereocenters. The lowest BCUT2D eigenvalue weighted by molar-refractivity contribution is 0.0160. The second kappa shape index (κ2) is 6.42. The molecule has 0 aliphatic rings. The van der Waals surface area contributed by atoms with Gasteiger partial charge in [-0.3, -0.25) is 0 Å². The van der Waals surface area contributed by atoms with Gasteiger partial charge in [0.2, 0.25) is 10.0 Å². The predicted molar refractivity (Wildman–Crippen MR) is 61.4 cm³/mol. The summed E-state index contributed by atoms with van der Waals surface area (Å²) in [5.41, 5.74) is -0.158. The fraction of sp³-hybridized carbons (Fsp3) is 1.00. The van der Waals surface area contributed by atoms with Crippen LogP contribution in [0.25, 0.3) is 0 Å². The first-order chi connectivity index (χ1) is 6.83. The Balaban J connectivity index is 3.57. The van der Waals surface area contributed by atoms with Gasteiger partial charge < -0.3 is 10.1 Å². The summed E-state index contributed by atoms with van der Waals surface area (Å²) in [5.74, 6) is 0.108. The molecule has 0 rings (SSSR count). The lowest BCUT2D eigenvalue weighted by Gasteiger charge is -2.22. The number of methoxy groups -OCH3 is 1. The second-order valence-electron chi connectivity index (χ2n) is 3.99. The first-order valence-electron chi connectivity index (χ1n) is 5.00. The molecule has 0 saturated carbocycles. The van der Waals surface area contributed by atoms with E-state index in [4.69, 9.17) is 4.74 Å². The molecule has 0 fully saturated rings. The number of hydrogen-bond donors (Lipinski definition) is 2. The summed E-state index contributed by atoms with van der Waals surface area (Å²) in [7, 11) is 0.00735. The SMILES string of the molecule is CNS(=O)(=O)CCNCCC(C)(C)OC. The summed E-state index contributed by atoms with van der Waals surface area (Å²) in [5, 5.41) is 3.07. The average molecular weight is 238 g/mol. The molecule has 0 aromatic heterocycles. The van der Waals surface area contributed by atoms with E-state index in [0.717, 1.165) is 13.0 Å². The summed E-state index contributed by atoms with van der Waals surface area (Å²) in [6.07, 6.45) is 0.850. The van der Waals surface area contributed by atoms with Crippen molar-refractivity contribution in [3.8, 4) is 0 Å². The van der Waals surface area contributed by atoms with E-state index in [1.807, 2.05) is 13.8 Å². The maximum Gasteiger partial charge on any atom is 0.212 e. The van der Waals surface area contributed by atoms with Crippen LogP contribution in [0.2, 0.25) is 0 Å². The third-order valence-electron chi connectivity index (χ3n) is 2.31. The highest BCUT2D eigenvalue weighted by atomic mass is 32.2. The monoisotopic (exact) mass is 238 g/mol. The number of nitrogens with one attached hydrogen (secondary N) is 2. The smallest absolute Gasteiger partial charge is 0.212 e. The zero-order valence-electron chi connectivity index (χ0n) is 9.96. The molecule has 0 aromatic carbocycles. The molecule has 0 unspecified atom stereocenters. The van der Waals surface area contributed by atoms with Gasteiger partial charge in [0.25, 0.3) is 0 Å². The average Bonchev–Trinajstić information content (AvgIpc) is 2.17. The largest absolute Gasteiger partial charge is 0.379 e. The molecule has 0 amide bonds. The number of rotatable bonds is 8. The first-order valence-corrected chi connectivity index (χ1v) is 6.65. The summed E-state index contributed by atoms with van der Waals surface area (Å²) >= 11 is 0. The lowest BCUT2D eigenvalue weighted by Crippen LogP contribution is -2.33. The molecule has 0 aliphatic heterocycles. The Bertz CT molecular complexity index is 263. The van der Waals surface area contributed by atoms with E-state index >= 15 is 0 Å². The Hall–Kier alpha value is -0.170. The normalized spacial score (nSPS) is 13.1. The number of ether oxygens (including phenoxy) is 1. The van der Waals surface area contributed by atoms with E-state index in [0.29, 0.717) is 6.54 Å². The summed E-state index contributed by atoms with van der Waals surface area (Å²) < 4.78 is 29.6. The second-order valence-corrected chi connectivity index (χ2v) is 6.03. The molecule has 92 valence electrons. The Morgan fingerprint density at radius 3 is 2.33 bits per heavy atom. The third kappa shape index (κ3) is 7.72. The molecule has 2 N–H and O–H groups in total. The first kappa shape index (κ1) is 14.8. The minimum Gasteiger partial charge on any atom is -0.379 e. The van der Waals surface area contributed by atoms with E-state index in [9.17, 15) is 8.42 Å². The van der Waals surface area contributed by atoms with Crippen molar-refractivity contribution in [2.24, 2.45) is 0 Å². The van der Waals surface area contributed by atoms with Crippen LogP contribution in [-0.2, 0) is 14.8 Å². The van der Waals surface area contributed by atoms with Crippen LogP contribution >= 0.6 is 0 Å². The molecule has 0 radical (unpaired) electrons. The molecular formula is C9H22N2O3S. The standard InChI is InChI=1S/C9H22N2O3S/c1-9(2,14-4)5-6-11-7-8-15(12,13)10-3/h10-11H,5-8H2,1-4H3. The molecular weight excluding hydrogens is 216 g/mol. The van der Waals surface area contributed by atoms with Crippen molar-refractivity contribution in [3.05, 3.63) is 0 Å². The van der Waals surface area contributed by atoms with Crippen molar-refractivity contribution in [2.75, 3.05) is 33.0 Å². The van der Waals surface area contributed by atoms with E-state index in [1.54, 1.807) is 7.11 Å². The quantitative estimate of drug-likeness (QED) is 0.581. The maximum atomic E-state index is 11.0. The van der Waals surface area contributed by atoms with Gasteiger partial charge in [-0.05, 0) is 33.9 Å². The van der Waals surface area contributed by atoms with E-state index in [2.05, 4.69) is 10.0 Å². The molecule has 5 nitrogen and oxygen atoms in total. The van der Waals surface area contributed by atoms with Crippen LogP contribution in [-0.4, -0.2) is 47.0 Å². The van der Waals surface area contributed by atoms with Crippen LogP contribution in [0, 0.1) is 0 Å². The van der Waals surface area contributed by atoms with Crippen LogP contribution in [0.4, 0.5) is 0 Å². The molecule has 0 spiro atoms. The van der Waals surface area contributed by atoms with Crippen LogP contribution in [0.1, 0.15) is 20.3 Å². The minimum atomic E-state index is -3.08. The zero-order valence-corrected chi connectivity index (χ0v) is 10.8. The minimum absolute atomic E-state index is 0.108. The summed E-state index contributed by atoms with van der Waals surface area (Å²) in [4.78, 5) is 0. The van der Waals surface area contributed by atoms with Gasteiger partial charge >= 0.3 is 0 Å². The van der Waals surface area contributed by atoms with Gasteiger partial charge in [0.15, 0.2) is 0 Å². The zero-order chi connectivity index (χ0) is 11.9.